The van der Waals surface area contributed by atoms with Gasteiger partial charge in [-0.2, -0.15) is 26.3 Å². The molecular formula is C6H8F6N2O2. The number of amides is 1. The number of hydroxylamine groups is 1. The van der Waals surface area contributed by atoms with E-state index in [0.717, 1.165) is 0 Å². The second-order valence-electron chi connectivity index (χ2n) is 2.65. The fourth-order valence-electron chi connectivity index (χ4n) is 0.552. The fourth-order valence-corrected chi connectivity index (χ4v) is 0.552. The Labute approximate surface area is 85.9 Å². The normalized spacial score (nSPS) is 12.6. The summed E-state index contributed by atoms with van der Waals surface area (Å²) in [6, 6.07) is 0. The summed E-state index contributed by atoms with van der Waals surface area (Å²) in [5, 5.41) is 1.67. The summed E-state index contributed by atoms with van der Waals surface area (Å²) in [4.78, 5) is 14.3. The molecule has 0 aliphatic heterocycles. The van der Waals surface area contributed by atoms with Gasteiger partial charge in [0.25, 0.3) is 5.91 Å². The van der Waals surface area contributed by atoms with Crippen LogP contribution >= 0.6 is 0 Å². The molecule has 0 fully saturated rings. The molecule has 0 aromatic rings. The first-order valence-electron chi connectivity index (χ1n) is 3.85. The zero-order chi connectivity index (χ0) is 12.8. The molecule has 0 saturated carbocycles. The summed E-state index contributed by atoms with van der Waals surface area (Å²) in [5.74, 6) is -1.13. The molecule has 0 aromatic carbocycles. The molecule has 0 unspecified atom stereocenters. The Morgan fingerprint density at radius 2 is 1.62 bits per heavy atom. The summed E-state index contributed by atoms with van der Waals surface area (Å²) in [6.45, 7) is -3.92. The van der Waals surface area contributed by atoms with Crippen LogP contribution in [-0.4, -0.2) is 38.0 Å². The van der Waals surface area contributed by atoms with Crippen LogP contribution < -0.4 is 10.8 Å². The maximum atomic E-state index is 11.5. The van der Waals surface area contributed by atoms with Gasteiger partial charge in [0.05, 0.1) is 13.1 Å². The van der Waals surface area contributed by atoms with Gasteiger partial charge in [-0.15, -0.1) is 0 Å². The van der Waals surface area contributed by atoms with Gasteiger partial charge in [-0.25, -0.2) is 5.48 Å². The summed E-state index contributed by atoms with van der Waals surface area (Å²) in [7, 11) is 0. The van der Waals surface area contributed by atoms with Crippen LogP contribution in [0.5, 0.6) is 0 Å². The summed E-state index contributed by atoms with van der Waals surface area (Å²) in [6.07, 6.45) is -9.11. The monoisotopic (exact) mass is 254 g/mol. The molecule has 16 heavy (non-hydrogen) atoms. The van der Waals surface area contributed by atoms with E-state index in [1.54, 1.807) is 5.32 Å². The molecule has 0 bridgehead atoms. The molecular weight excluding hydrogens is 246 g/mol. The third-order valence-electron chi connectivity index (χ3n) is 1.03. The quantitative estimate of drug-likeness (QED) is 0.562. The van der Waals surface area contributed by atoms with Crippen molar-refractivity contribution < 1.29 is 36.0 Å². The minimum Gasteiger partial charge on any atom is -0.300 e. The molecule has 0 rings (SSSR count). The van der Waals surface area contributed by atoms with Crippen LogP contribution in [0.15, 0.2) is 0 Å². The lowest BCUT2D eigenvalue weighted by Crippen LogP contribution is -2.39. The molecule has 0 spiro atoms. The minimum atomic E-state index is -4.62. The molecule has 0 atom stereocenters. The van der Waals surface area contributed by atoms with Gasteiger partial charge in [0, 0.05) is 0 Å². The molecule has 96 valence electrons. The van der Waals surface area contributed by atoms with Crippen LogP contribution in [0.25, 0.3) is 0 Å². The van der Waals surface area contributed by atoms with Crippen LogP contribution in [0.4, 0.5) is 26.3 Å². The van der Waals surface area contributed by atoms with E-state index in [1.807, 2.05) is 0 Å². The van der Waals surface area contributed by atoms with Crippen LogP contribution in [-0.2, 0) is 9.63 Å². The van der Waals surface area contributed by atoms with E-state index in [0.29, 0.717) is 0 Å². The lowest BCUT2D eigenvalue weighted by molar-refractivity contribution is -0.191. The first kappa shape index (κ1) is 15.0. The number of nitrogens with one attached hydrogen (secondary N) is 2. The number of carbonyl (C=O) groups excluding carboxylic acids is 1. The average molecular weight is 254 g/mol. The predicted molar refractivity (Wildman–Crippen MR) is 39.1 cm³/mol. The Balaban J connectivity index is 3.53. The lowest BCUT2D eigenvalue weighted by Gasteiger charge is -2.09. The Bertz CT molecular complexity index is 204. The highest BCUT2D eigenvalue weighted by atomic mass is 19.4. The van der Waals surface area contributed by atoms with Crippen molar-refractivity contribution in [2.24, 2.45) is 0 Å². The zero-order valence-electron chi connectivity index (χ0n) is 7.71. The first-order valence-corrected chi connectivity index (χ1v) is 3.85. The zero-order valence-corrected chi connectivity index (χ0v) is 7.71. The van der Waals surface area contributed by atoms with Crippen LogP contribution in [0, 0.1) is 0 Å². The molecule has 0 saturated heterocycles. The van der Waals surface area contributed by atoms with Crippen molar-refractivity contribution in [1.29, 1.82) is 0 Å². The van der Waals surface area contributed by atoms with Gasteiger partial charge in [0.2, 0.25) is 0 Å². The highest BCUT2D eigenvalue weighted by Gasteiger charge is 2.28. The Kier molecular flexibility index (Phi) is 5.51. The Hall–Kier alpha value is -1.03. The van der Waals surface area contributed by atoms with Gasteiger partial charge < -0.3 is 5.32 Å². The van der Waals surface area contributed by atoms with Gasteiger partial charge in [0.15, 0.2) is 6.61 Å². The number of halogens is 6. The van der Waals surface area contributed by atoms with Crippen molar-refractivity contribution in [1.82, 2.24) is 10.8 Å². The first-order chi connectivity index (χ1) is 7.10. The summed E-state index contributed by atoms with van der Waals surface area (Å²) < 4.78 is 69.0. The third kappa shape index (κ3) is 11.0. The topological polar surface area (TPSA) is 50.4 Å². The number of alkyl halides is 6. The fraction of sp³-hybridized carbons (Fsp3) is 0.833. The molecule has 0 aliphatic rings. The summed E-state index contributed by atoms with van der Waals surface area (Å²) in [5.41, 5.74) is 1.34. The van der Waals surface area contributed by atoms with Crippen LogP contribution in [0.2, 0.25) is 0 Å². The van der Waals surface area contributed by atoms with Crippen molar-refractivity contribution in [3.05, 3.63) is 0 Å². The second-order valence-corrected chi connectivity index (χ2v) is 2.65. The van der Waals surface area contributed by atoms with Crippen molar-refractivity contribution in [3.8, 4) is 0 Å². The van der Waals surface area contributed by atoms with Crippen molar-refractivity contribution in [2.45, 2.75) is 12.4 Å². The van der Waals surface area contributed by atoms with Crippen molar-refractivity contribution in [3.63, 3.8) is 0 Å². The van der Waals surface area contributed by atoms with Crippen LogP contribution in [0.3, 0.4) is 0 Å². The van der Waals surface area contributed by atoms with Crippen molar-refractivity contribution >= 4 is 5.91 Å². The Morgan fingerprint density at radius 3 is 2.06 bits per heavy atom. The number of rotatable bonds is 5. The predicted octanol–water partition coefficient (Wildman–Crippen LogP) is 0.748. The van der Waals surface area contributed by atoms with Gasteiger partial charge in [-0.1, -0.05) is 0 Å². The molecule has 0 heterocycles. The van der Waals surface area contributed by atoms with Crippen LogP contribution in [0.1, 0.15) is 0 Å². The van der Waals surface area contributed by atoms with Crippen molar-refractivity contribution in [2.75, 3.05) is 19.7 Å². The van der Waals surface area contributed by atoms with Gasteiger partial charge in [-0.3, -0.25) is 9.63 Å². The molecule has 10 heteroatoms. The molecule has 0 aromatic heterocycles. The standard InChI is InChI=1S/C6H8F6N2O2/c7-5(8,9)2-13-1-4(15)14-16-3-6(10,11)12/h13H,1-3H2,(H,14,15). The van der Waals surface area contributed by atoms with E-state index < -0.39 is 38.0 Å². The van der Waals surface area contributed by atoms with E-state index >= 15 is 0 Å². The number of hydrogen-bond acceptors (Lipinski definition) is 3. The molecule has 0 radical (unpaired) electrons. The number of carbonyl (C=O) groups is 1. The van der Waals surface area contributed by atoms with E-state index in [-0.39, 0.29) is 0 Å². The summed E-state index contributed by atoms with van der Waals surface area (Å²) >= 11 is 0. The van der Waals surface area contributed by atoms with Gasteiger partial charge in [-0.05, 0) is 0 Å². The highest BCUT2D eigenvalue weighted by molar-refractivity contribution is 5.76. The minimum absolute atomic E-state index is 0.794. The van der Waals surface area contributed by atoms with E-state index in [9.17, 15) is 31.1 Å². The van der Waals surface area contributed by atoms with Gasteiger partial charge in [0.1, 0.15) is 0 Å². The smallest absolute Gasteiger partial charge is 0.300 e. The lowest BCUT2D eigenvalue weighted by atomic mass is 10.5. The van der Waals surface area contributed by atoms with Gasteiger partial charge >= 0.3 is 12.4 Å². The molecule has 4 nitrogen and oxygen atoms in total. The molecule has 0 aliphatic carbocycles. The SMILES string of the molecule is O=C(CNCC(F)(F)F)NOCC(F)(F)F. The third-order valence-corrected chi connectivity index (χ3v) is 1.03. The maximum Gasteiger partial charge on any atom is 0.414 e. The maximum absolute atomic E-state index is 11.5. The number of hydrogen-bond donors (Lipinski definition) is 2. The van der Waals surface area contributed by atoms with E-state index in [4.69, 9.17) is 0 Å². The average Bonchev–Trinajstić information content (AvgIpc) is 1.98. The largest absolute Gasteiger partial charge is 0.414 e. The van der Waals surface area contributed by atoms with E-state index in [2.05, 4.69) is 4.84 Å². The molecule has 2 N–H and O–H groups in total. The second kappa shape index (κ2) is 5.89. The Morgan fingerprint density at radius 1 is 1.06 bits per heavy atom. The highest BCUT2D eigenvalue weighted by Crippen LogP contribution is 2.13. The molecule has 1 amide bonds. The van der Waals surface area contributed by atoms with E-state index in [1.165, 1.54) is 5.48 Å².